The average molecular weight is 357 g/mol. The molecular weight excluding hydrogens is 337 g/mol. The number of benzene rings is 1. The Balaban J connectivity index is 0.00000242. The number of aliphatic hydroxyl groups excluding tert-OH is 1. The highest BCUT2D eigenvalue weighted by atomic mass is 35.5. The highest BCUT2D eigenvalue weighted by Gasteiger charge is 2.45. The summed E-state index contributed by atoms with van der Waals surface area (Å²) < 4.78 is 28.5. The van der Waals surface area contributed by atoms with Crippen molar-refractivity contribution in [1.82, 2.24) is 10.2 Å². The Morgan fingerprint density at radius 2 is 1.95 bits per heavy atom. The third-order valence-corrected chi connectivity index (χ3v) is 3.94. The third kappa shape index (κ3) is 4.00. The topological polar surface area (TPSA) is 55.7 Å². The fourth-order valence-electron chi connectivity index (χ4n) is 2.69. The summed E-state index contributed by atoms with van der Waals surface area (Å²) in [5.41, 5.74) is 0.493. The number of hydrogen-bond donors (Lipinski definition) is 3. The molecule has 1 aliphatic heterocycles. The third-order valence-electron chi connectivity index (χ3n) is 3.72. The lowest BCUT2D eigenvalue weighted by molar-refractivity contribution is -0.119. The first-order chi connectivity index (χ1) is 9.86. The molecule has 1 aromatic carbocycles. The number of hydrogen-bond acceptors (Lipinski definition) is 4. The average Bonchev–Trinajstić information content (AvgIpc) is 2.45. The first-order valence-corrected chi connectivity index (χ1v) is 7.17. The van der Waals surface area contributed by atoms with E-state index in [-0.39, 0.29) is 28.7 Å². The predicted molar refractivity (Wildman–Crippen MR) is 84.3 cm³/mol. The summed E-state index contributed by atoms with van der Waals surface area (Å²) in [6.07, 6.45) is 0. The van der Waals surface area contributed by atoms with Crippen molar-refractivity contribution in [3.05, 3.63) is 28.3 Å². The summed E-state index contributed by atoms with van der Waals surface area (Å²) in [5, 5.41) is 22.6. The molecule has 1 fully saturated rings. The second-order valence-corrected chi connectivity index (χ2v) is 5.70. The van der Waals surface area contributed by atoms with Crippen LogP contribution in [-0.4, -0.2) is 53.8 Å². The van der Waals surface area contributed by atoms with Gasteiger partial charge in [0.1, 0.15) is 18.4 Å². The van der Waals surface area contributed by atoms with Crippen molar-refractivity contribution in [1.29, 1.82) is 0 Å². The molecular formula is C14H20Cl2F2N2O2. The van der Waals surface area contributed by atoms with Gasteiger partial charge < -0.3 is 15.5 Å². The van der Waals surface area contributed by atoms with E-state index < -0.39 is 18.6 Å². The lowest BCUT2D eigenvalue weighted by Crippen LogP contribution is -2.51. The van der Waals surface area contributed by atoms with Crippen LogP contribution < -0.4 is 5.32 Å². The van der Waals surface area contributed by atoms with Gasteiger partial charge >= 0.3 is 0 Å². The lowest BCUT2D eigenvalue weighted by Gasteiger charge is -2.39. The minimum absolute atomic E-state index is 0. The predicted octanol–water partition coefficient (Wildman–Crippen LogP) is 2.35. The Morgan fingerprint density at radius 3 is 2.50 bits per heavy atom. The Labute approximate surface area is 139 Å². The molecule has 0 aliphatic carbocycles. The van der Waals surface area contributed by atoms with E-state index in [4.69, 9.17) is 16.7 Å². The summed E-state index contributed by atoms with van der Waals surface area (Å²) in [7, 11) is 0. The van der Waals surface area contributed by atoms with Crippen molar-refractivity contribution < 1.29 is 19.0 Å². The molecule has 0 radical (unpaired) electrons. The van der Waals surface area contributed by atoms with Gasteiger partial charge in [-0.1, -0.05) is 11.6 Å². The minimum Gasteiger partial charge on any atom is -0.507 e. The number of halogens is 4. The molecule has 126 valence electrons. The Bertz CT molecular complexity index is 512. The van der Waals surface area contributed by atoms with Crippen LogP contribution in [0.4, 0.5) is 8.78 Å². The summed E-state index contributed by atoms with van der Waals surface area (Å²) in [6.45, 7) is 2.30. The number of alkyl halides is 2. The second kappa shape index (κ2) is 7.75. The van der Waals surface area contributed by atoms with Gasteiger partial charge in [0.15, 0.2) is 0 Å². The maximum atomic E-state index is 14.3. The second-order valence-electron chi connectivity index (χ2n) is 5.27. The number of aryl methyl sites for hydroxylation is 1. The van der Waals surface area contributed by atoms with Gasteiger partial charge in [-0.15, -0.1) is 12.4 Å². The van der Waals surface area contributed by atoms with Crippen LogP contribution in [0.2, 0.25) is 5.02 Å². The van der Waals surface area contributed by atoms with Gasteiger partial charge in [-0.25, -0.2) is 8.78 Å². The summed E-state index contributed by atoms with van der Waals surface area (Å²) in [5.74, 6) is -3.57. The normalized spacial score (nSPS) is 17.9. The molecule has 3 N–H and O–H groups in total. The van der Waals surface area contributed by atoms with Crippen molar-refractivity contribution in [2.75, 3.05) is 32.8 Å². The van der Waals surface area contributed by atoms with Crippen molar-refractivity contribution >= 4 is 24.0 Å². The first kappa shape index (κ1) is 19.4. The molecule has 0 unspecified atom stereocenters. The van der Waals surface area contributed by atoms with Crippen molar-refractivity contribution in [3.8, 4) is 5.75 Å². The number of phenols is 1. The number of nitrogens with one attached hydrogen (secondary N) is 1. The molecule has 1 atom stereocenters. The molecule has 1 heterocycles. The van der Waals surface area contributed by atoms with Crippen LogP contribution in [-0.2, 0) is 0 Å². The molecule has 0 aromatic heterocycles. The van der Waals surface area contributed by atoms with Gasteiger partial charge in [-0.2, -0.15) is 0 Å². The van der Waals surface area contributed by atoms with E-state index in [0.29, 0.717) is 31.7 Å². The summed E-state index contributed by atoms with van der Waals surface area (Å²) in [6, 6.07) is 1.47. The number of piperazine rings is 1. The standard InChI is InChI=1S/C14H19ClF2N2O2.ClH/c1-9-6-10(15)7-11(12(9)21)13(14(16,17)8-20)19-4-2-18-3-5-19;/h6-7,13,18,20-21H,2-5,8H2,1H3;1H/t13-;/m0./s1. The van der Waals surface area contributed by atoms with Crippen LogP contribution in [0.5, 0.6) is 5.75 Å². The van der Waals surface area contributed by atoms with E-state index in [9.17, 15) is 13.9 Å². The fraction of sp³-hybridized carbons (Fsp3) is 0.571. The van der Waals surface area contributed by atoms with E-state index in [1.807, 2.05) is 0 Å². The van der Waals surface area contributed by atoms with Gasteiger partial charge in [0, 0.05) is 36.8 Å². The number of aliphatic hydroxyl groups is 1. The van der Waals surface area contributed by atoms with Gasteiger partial charge in [-0.05, 0) is 24.6 Å². The van der Waals surface area contributed by atoms with Crippen molar-refractivity contribution in [2.24, 2.45) is 0 Å². The first-order valence-electron chi connectivity index (χ1n) is 6.79. The van der Waals surface area contributed by atoms with E-state index in [1.165, 1.54) is 12.1 Å². The molecule has 0 bridgehead atoms. The molecule has 0 amide bonds. The fourth-order valence-corrected chi connectivity index (χ4v) is 2.97. The molecule has 4 nitrogen and oxygen atoms in total. The number of aromatic hydroxyl groups is 1. The minimum atomic E-state index is -3.37. The van der Waals surface area contributed by atoms with Crippen LogP contribution >= 0.6 is 24.0 Å². The SMILES string of the molecule is Cc1cc(Cl)cc([C@H](N2CCNCC2)C(F)(F)CO)c1O.Cl. The lowest BCUT2D eigenvalue weighted by atomic mass is 9.95. The summed E-state index contributed by atoms with van der Waals surface area (Å²) >= 11 is 5.95. The van der Waals surface area contributed by atoms with E-state index >= 15 is 0 Å². The van der Waals surface area contributed by atoms with E-state index in [0.717, 1.165) is 0 Å². The summed E-state index contributed by atoms with van der Waals surface area (Å²) in [4.78, 5) is 1.57. The molecule has 22 heavy (non-hydrogen) atoms. The monoisotopic (exact) mass is 356 g/mol. The molecule has 1 saturated heterocycles. The van der Waals surface area contributed by atoms with E-state index in [2.05, 4.69) is 5.32 Å². The number of rotatable bonds is 4. The highest BCUT2D eigenvalue weighted by molar-refractivity contribution is 6.30. The zero-order chi connectivity index (χ0) is 15.6. The molecule has 2 rings (SSSR count). The van der Waals surface area contributed by atoms with Crippen LogP contribution in [0.1, 0.15) is 17.2 Å². The highest BCUT2D eigenvalue weighted by Crippen LogP contribution is 2.42. The molecule has 8 heteroatoms. The zero-order valence-corrected chi connectivity index (χ0v) is 13.7. The molecule has 1 aromatic rings. The van der Waals surface area contributed by atoms with Gasteiger partial charge in [-0.3, -0.25) is 4.90 Å². The Morgan fingerprint density at radius 1 is 1.36 bits per heavy atom. The van der Waals surface area contributed by atoms with Gasteiger partial charge in [0.25, 0.3) is 5.92 Å². The maximum Gasteiger partial charge on any atom is 0.290 e. The molecule has 0 spiro atoms. The van der Waals surface area contributed by atoms with Crippen molar-refractivity contribution in [3.63, 3.8) is 0 Å². The number of phenolic OH excluding ortho intramolecular Hbond substituents is 1. The molecule has 0 saturated carbocycles. The van der Waals surface area contributed by atoms with Crippen LogP contribution in [0.15, 0.2) is 12.1 Å². The molecule has 1 aliphatic rings. The van der Waals surface area contributed by atoms with Crippen LogP contribution in [0, 0.1) is 6.92 Å². The van der Waals surface area contributed by atoms with Crippen LogP contribution in [0.25, 0.3) is 0 Å². The smallest absolute Gasteiger partial charge is 0.290 e. The maximum absolute atomic E-state index is 14.3. The zero-order valence-electron chi connectivity index (χ0n) is 12.2. The van der Waals surface area contributed by atoms with Crippen LogP contribution in [0.3, 0.4) is 0 Å². The van der Waals surface area contributed by atoms with Crippen molar-refractivity contribution in [2.45, 2.75) is 18.9 Å². The largest absolute Gasteiger partial charge is 0.507 e. The van der Waals surface area contributed by atoms with Gasteiger partial charge in [0.05, 0.1) is 0 Å². The quantitative estimate of drug-likeness (QED) is 0.775. The van der Waals surface area contributed by atoms with E-state index in [1.54, 1.807) is 11.8 Å². The number of nitrogens with zero attached hydrogens (tertiary/aromatic N) is 1. The Kier molecular flexibility index (Phi) is 6.83. The Hall–Kier alpha value is -0.660. The van der Waals surface area contributed by atoms with Gasteiger partial charge in [0.2, 0.25) is 0 Å².